The number of para-hydroxylation sites is 1. The summed E-state index contributed by atoms with van der Waals surface area (Å²) in [6.45, 7) is 4.80. The molecule has 1 heterocycles. The normalized spacial score (nSPS) is 17.3. The number of aryl methyl sites for hydroxylation is 1. The van der Waals surface area contributed by atoms with Crippen LogP contribution in [0, 0.1) is 6.92 Å². The van der Waals surface area contributed by atoms with E-state index in [2.05, 4.69) is 11.9 Å². The molecule has 0 aromatic heterocycles. The first-order valence-electron chi connectivity index (χ1n) is 8.63. The molecular weight excluding hydrogens is 344 g/mol. The predicted molar refractivity (Wildman–Crippen MR) is 109 cm³/mol. The van der Waals surface area contributed by atoms with Crippen molar-refractivity contribution in [2.75, 3.05) is 13.7 Å². The van der Waals surface area contributed by atoms with Gasteiger partial charge >= 0.3 is 0 Å². The van der Waals surface area contributed by atoms with E-state index in [4.69, 9.17) is 4.74 Å². The fourth-order valence-electron chi connectivity index (χ4n) is 2.48. The van der Waals surface area contributed by atoms with Gasteiger partial charge in [-0.1, -0.05) is 37.3 Å². The number of thioether (sulfide) groups is 1. The molecule has 0 aliphatic carbocycles. The molecule has 0 spiro atoms. The average Bonchev–Trinajstić information content (AvgIpc) is 2.91. The molecule has 0 bridgehead atoms. The summed E-state index contributed by atoms with van der Waals surface area (Å²) in [5, 5.41) is 0.693. The third-order valence-electron chi connectivity index (χ3n) is 3.99. The molecule has 2 aromatic carbocycles. The zero-order chi connectivity index (χ0) is 18.5. The van der Waals surface area contributed by atoms with Crippen LogP contribution >= 0.6 is 11.8 Å². The van der Waals surface area contributed by atoms with Gasteiger partial charge in [-0.3, -0.25) is 9.69 Å². The van der Waals surface area contributed by atoms with E-state index in [1.54, 1.807) is 11.9 Å². The number of hydrogen-bond donors (Lipinski definition) is 0. The van der Waals surface area contributed by atoms with Crippen molar-refractivity contribution in [3.8, 4) is 5.75 Å². The number of benzene rings is 2. The molecule has 4 nitrogen and oxygen atoms in total. The summed E-state index contributed by atoms with van der Waals surface area (Å²) in [4.78, 5) is 19.5. The lowest BCUT2D eigenvalue weighted by Gasteiger charge is -2.08. The van der Waals surface area contributed by atoms with Crippen LogP contribution in [-0.4, -0.2) is 29.6 Å². The highest BCUT2D eigenvalue weighted by molar-refractivity contribution is 8.18. The molecule has 1 fully saturated rings. The average molecular weight is 366 g/mol. The zero-order valence-electron chi connectivity index (χ0n) is 15.2. The minimum absolute atomic E-state index is 0.0337. The summed E-state index contributed by atoms with van der Waals surface area (Å²) in [6, 6.07) is 15.7. The molecule has 0 N–H and O–H groups in total. The van der Waals surface area contributed by atoms with Crippen molar-refractivity contribution < 1.29 is 9.53 Å². The summed E-state index contributed by atoms with van der Waals surface area (Å²) < 4.78 is 5.59. The van der Waals surface area contributed by atoms with Crippen LogP contribution in [0.2, 0.25) is 0 Å². The Bertz CT molecular complexity index is 857. The van der Waals surface area contributed by atoms with Gasteiger partial charge in [-0.2, -0.15) is 0 Å². The molecule has 0 saturated carbocycles. The van der Waals surface area contributed by atoms with Crippen molar-refractivity contribution in [2.45, 2.75) is 20.3 Å². The summed E-state index contributed by atoms with van der Waals surface area (Å²) in [6.07, 6.45) is 2.87. The number of nitrogens with zero attached hydrogens (tertiary/aromatic N) is 2. The Balaban J connectivity index is 1.80. The lowest BCUT2D eigenvalue weighted by molar-refractivity contribution is -0.121. The number of aliphatic imine (C=N–C) groups is 1. The fourth-order valence-corrected chi connectivity index (χ4v) is 3.45. The molecule has 26 heavy (non-hydrogen) atoms. The minimum atomic E-state index is -0.0337. The fraction of sp³-hybridized carbons (Fsp3) is 0.238. The van der Waals surface area contributed by atoms with Gasteiger partial charge in [0, 0.05) is 7.05 Å². The van der Waals surface area contributed by atoms with Crippen LogP contribution in [0.3, 0.4) is 0 Å². The van der Waals surface area contributed by atoms with Crippen LogP contribution in [0.25, 0.3) is 6.08 Å². The molecule has 1 aliphatic rings. The molecule has 1 amide bonds. The number of carbonyl (C=O) groups excluding carboxylic acids is 1. The van der Waals surface area contributed by atoms with Crippen molar-refractivity contribution in [1.82, 2.24) is 4.90 Å². The maximum Gasteiger partial charge on any atom is 0.266 e. The van der Waals surface area contributed by atoms with Crippen molar-refractivity contribution in [2.24, 2.45) is 4.99 Å². The van der Waals surface area contributed by atoms with Gasteiger partial charge in [0.05, 0.1) is 17.2 Å². The zero-order valence-corrected chi connectivity index (χ0v) is 16.0. The molecule has 5 heteroatoms. The number of hydrogen-bond acceptors (Lipinski definition) is 4. The summed E-state index contributed by atoms with van der Waals surface area (Å²) >= 11 is 1.40. The Hall–Kier alpha value is -2.53. The van der Waals surface area contributed by atoms with Gasteiger partial charge in [-0.15, -0.1) is 0 Å². The predicted octanol–water partition coefficient (Wildman–Crippen LogP) is 5.02. The van der Waals surface area contributed by atoms with Crippen molar-refractivity contribution >= 4 is 34.6 Å². The molecule has 134 valence electrons. The van der Waals surface area contributed by atoms with Gasteiger partial charge in [0.1, 0.15) is 5.75 Å². The van der Waals surface area contributed by atoms with E-state index < -0.39 is 0 Å². The second kappa shape index (κ2) is 8.23. The van der Waals surface area contributed by atoms with E-state index in [1.165, 1.54) is 11.8 Å². The molecule has 0 radical (unpaired) electrons. The maximum absolute atomic E-state index is 12.5. The third kappa shape index (κ3) is 4.17. The third-order valence-corrected chi connectivity index (χ3v) is 5.05. The number of ether oxygens (including phenoxy) is 1. The molecule has 1 saturated heterocycles. The number of rotatable bonds is 5. The van der Waals surface area contributed by atoms with E-state index in [0.717, 1.165) is 29.0 Å². The van der Waals surface area contributed by atoms with Crippen molar-refractivity contribution in [1.29, 1.82) is 0 Å². The first-order valence-corrected chi connectivity index (χ1v) is 9.45. The Labute approximate surface area is 158 Å². The summed E-state index contributed by atoms with van der Waals surface area (Å²) in [7, 11) is 1.76. The van der Waals surface area contributed by atoms with Crippen molar-refractivity contribution in [3.05, 3.63) is 64.6 Å². The second-order valence-electron chi connectivity index (χ2n) is 6.07. The smallest absolute Gasteiger partial charge is 0.266 e. The summed E-state index contributed by atoms with van der Waals surface area (Å²) in [5.74, 6) is 0.812. The van der Waals surface area contributed by atoms with E-state index in [9.17, 15) is 4.79 Å². The number of carbonyl (C=O) groups is 1. The van der Waals surface area contributed by atoms with Crippen LogP contribution in [0.4, 0.5) is 5.69 Å². The molecule has 0 atom stereocenters. The maximum atomic E-state index is 12.5. The minimum Gasteiger partial charge on any atom is -0.494 e. The molecule has 3 rings (SSSR count). The van der Waals surface area contributed by atoms with E-state index >= 15 is 0 Å². The Kier molecular flexibility index (Phi) is 5.78. The Morgan fingerprint density at radius 3 is 2.58 bits per heavy atom. The first-order chi connectivity index (χ1) is 12.6. The molecule has 1 aliphatic heterocycles. The largest absolute Gasteiger partial charge is 0.494 e. The quantitative estimate of drug-likeness (QED) is 0.698. The van der Waals surface area contributed by atoms with Crippen LogP contribution in [-0.2, 0) is 4.79 Å². The van der Waals surface area contributed by atoms with Gasteiger partial charge in [0.15, 0.2) is 5.17 Å². The second-order valence-corrected chi connectivity index (χ2v) is 7.08. The number of amidine groups is 1. The van der Waals surface area contributed by atoms with Gasteiger partial charge < -0.3 is 4.74 Å². The van der Waals surface area contributed by atoms with Crippen LogP contribution in [0.15, 0.2) is 58.4 Å². The SMILES string of the molecule is CCCOc1ccc(/C=C2/SC(=Nc3ccccc3C)N(C)C2=O)cc1. The van der Waals surface area contributed by atoms with E-state index in [1.807, 2.05) is 61.5 Å². The van der Waals surface area contributed by atoms with Gasteiger partial charge in [-0.25, -0.2) is 4.99 Å². The van der Waals surface area contributed by atoms with Crippen LogP contribution in [0.5, 0.6) is 5.75 Å². The lowest BCUT2D eigenvalue weighted by atomic mass is 10.2. The highest BCUT2D eigenvalue weighted by Crippen LogP contribution is 2.33. The standard InChI is InChI=1S/C21H22N2O2S/c1-4-13-25-17-11-9-16(10-12-17)14-19-20(24)23(3)21(26-19)22-18-8-6-5-7-15(18)2/h5-12,14H,4,13H2,1-3H3/b19-14+,22-21?. The van der Waals surface area contributed by atoms with Gasteiger partial charge in [-0.05, 0) is 60.5 Å². The van der Waals surface area contributed by atoms with E-state index in [-0.39, 0.29) is 5.91 Å². The molecule has 0 unspecified atom stereocenters. The van der Waals surface area contributed by atoms with E-state index in [0.29, 0.717) is 16.7 Å². The van der Waals surface area contributed by atoms with Gasteiger partial charge in [0.2, 0.25) is 0 Å². The highest BCUT2D eigenvalue weighted by Gasteiger charge is 2.30. The molecular formula is C21H22N2O2S. The first kappa shape index (κ1) is 18.3. The number of likely N-dealkylation sites (N-methyl/N-ethyl adjacent to an activating group) is 1. The summed E-state index contributed by atoms with van der Waals surface area (Å²) in [5.41, 5.74) is 2.94. The number of amides is 1. The monoisotopic (exact) mass is 366 g/mol. The molecule has 2 aromatic rings. The topological polar surface area (TPSA) is 41.9 Å². The van der Waals surface area contributed by atoms with Crippen molar-refractivity contribution in [3.63, 3.8) is 0 Å². The van der Waals surface area contributed by atoms with Gasteiger partial charge in [0.25, 0.3) is 5.91 Å². The Morgan fingerprint density at radius 1 is 1.15 bits per heavy atom. The Morgan fingerprint density at radius 2 is 1.88 bits per heavy atom. The van der Waals surface area contributed by atoms with Crippen LogP contribution < -0.4 is 4.74 Å². The van der Waals surface area contributed by atoms with Crippen LogP contribution in [0.1, 0.15) is 24.5 Å². The highest BCUT2D eigenvalue weighted by atomic mass is 32.2. The lowest BCUT2D eigenvalue weighted by Crippen LogP contribution is -2.23.